The Bertz CT molecular complexity index is 276. The number of carbonyl (C=O) groups excluding carboxylic acids is 2. The predicted octanol–water partition coefficient (Wildman–Crippen LogP) is 1.64. The molecule has 1 aliphatic rings. The quantitative estimate of drug-likeness (QED) is 0.388. The lowest BCUT2D eigenvalue weighted by atomic mass is 10.00. The first-order valence-electron chi connectivity index (χ1n) is 4.81. The zero-order chi connectivity index (χ0) is 10.4. The summed E-state index contributed by atoms with van der Waals surface area (Å²) in [6.45, 7) is 2.42. The van der Waals surface area contributed by atoms with Gasteiger partial charge in [-0.3, -0.25) is 9.59 Å². The molecule has 1 unspecified atom stereocenters. The maximum atomic E-state index is 11.4. The van der Waals surface area contributed by atoms with E-state index in [2.05, 4.69) is 0 Å². The first-order chi connectivity index (χ1) is 6.75. The number of unbranched alkanes of at least 4 members (excludes halogenated alkanes) is 1. The lowest BCUT2D eigenvalue weighted by Crippen LogP contribution is -2.24. The highest BCUT2D eigenvalue weighted by Gasteiger charge is 2.24. The number of esters is 1. The van der Waals surface area contributed by atoms with Crippen LogP contribution in [-0.4, -0.2) is 18.4 Å². The minimum Gasteiger partial charge on any atom is -0.465 e. The minimum absolute atomic E-state index is 0.200. The summed E-state index contributed by atoms with van der Waals surface area (Å²) >= 11 is 0. The first-order valence-corrected chi connectivity index (χ1v) is 4.81. The van der Waals surface area contributed by atoms with E-state index in [1.165, 1.54) is 6.08 Å². The van der Waals surface area contributed by atoms with E-state index in [1.54, 1.807) is 18.2 Å². The molecule has 0 amide bonds. The van der Waals surface area contributed by atoms with Crippen LogP contribution < -0.4 is 0 Å². The first kappa shape index (κ1) is 10.7. The van der Waals surface area contributed by atoms with Crippen molar-refractivity contribution >= 4 is 11.8 Å². The average molecular weight is 194 g/mol. The number of hydrogen-bond donors (Lipinski definition) is 0. The van der Waals surface area contributed by atoms with Crippen molar-refractivity contribution in [2.75, 3.05) is 6.61 Å². The lowest BCUT2D eigenvalue weighted by Gasteiger charge is -2.10. The normalized spacial score (nSPS) is 19.8. The van der Waals surface area contributed by atoms with Gasteiger partial charge in [0.2, 0.25) is 0 Å². The summed E-state index contributed by atoms with van der Waals surface area (Å²) in [4.78, 5) is 22.6. The molecule has 0 radical (unpaired) electrons. The molecule has 0 aromatic carbocycles. The third kappa shape index (κ3) is 2.83. The van der Waals surface area contributed by atoms with Gasteiger partial charge in [0, 0.05) is 0 Å². The molecule has 1 aliphatic carbocycles. The van der Waals surface area contributed by atoms with Crippen LogP contribution in [-0.2, 0) is 14.3 Å². The zero-order valence-electron chi connectivity index (χ0n) is 8.23. The molecule has 0 heterocycles. The van der Waals surface area contributed by atoms with Gasteiger partial charge >= 0.3 is 5.97 Å². The van der Waals surface area contributed by atoms with Crippen molar-refractivity contribution in [2.24, 2.45) is 5.92 Å². The van der Waals surface area contributed by atoms with Gasteiger partial charge < -0.3 is 4.74 Å². The molecule has 14 heavy (non-hydrogen) atoms. The highest BCUT2D eigenvalue weighted by atomic mass is 16.5. The topological polar surface area (TPSA) is 43.4 Å². The Morgan fingerprint density at radius 1 is 1.50 bits per heavy atom. The van der Waals surface area contributed by atoms with Crippen molar-refractivity contribution in [1.82, 2.24) is 0 Å². The largest absolute Gasteiger partial charge is 0.465 e. The van der Waals surface area contributed by atoms with Crippen LogP contribution in [0.25, 0.3) is 0 Å². The number of ether oxygens (including phenoxy) is 1. The van der Waals surface area contributed by atoms with Crippen molar-refractivity contribution in [1.29, 1.82) is 0 Å². The molecule has 0 saturated heterocycles. The van der Waals surface area contributed by atoms with E-state index in [1.807, 2.05) is 6.92 Å². The second-order valence-electron chi connectivity index (χ2n) is 3.15. The zero-order valence-corrected chi connectivity index (χ0v) is 8.23. The Hall–Kier alpha value is -1.38. The SMILES string of the molecule is CCCCOC(=O)C1C=CC=CC1=O. The van der Waals surface area contributed by atoms with E-state index >= 15 is 0 Å². The van der Waals surface area contributed by atoms with Crippen LogP contribution in [0.3, 0.4) is 0 Å². The highest BCUT2D eigenvalue weighted by molar-refractivity contribution is 6.07. The molecule has 0 bridgehead atoms. The smallest absolute Gasteiger partial charge is 0.320 e. The summed E-state index contributed by atoms with van der Waals surface area (Å²) in [5.74, 6) is -1.37. The fourth-order valence-electron chi connectivity index (χ4n) is 1.13. The molecular formula is C11H14O3. The molecule has 0 fully saturated rings. The molecule has 0 spiro atoms. The Morgan fingerprint density at radius 2 is 2.29 bits per heavy atom. The van der Waals surface area contributed by atoms with Crippen molar-refractivity contribution < 1.29 is 14.3 Å². The molecule has 0 aromatic rings. The van der Waals surface area contributed by atoms with Crippen LogP contribution in [0.2, 0.25) is 0 Å². The maximum Gasteiger partial charge on any atom is 0.320 e. The van der Waals surface area contributed by atoms with Crippen molar-refractivity contribution in [3.8, 4) is 0 Å². The molecule has 1 rings (SSSR count). The predicted molar refractivity (Wildman–Crippen MR) is 52.6 cm³/mol. The van der Waals surface area contributed by atoms with E-state index < -0.39 is 11.9 Å². The molecule has 0 aromatic heterocycles. The number of allylic oxidation sites excluding steroid dienone is 3. The summed E-state index contributed by atoms with van der Waals surface area (Å²) in [6.07, 6.45) is 8.08. The maximum absolute atomic E-state index is 11.4. The molecule has 3 nitrogen and oxygen atoms in total. The van der Waals surface area contributed by atoms with Crippen LogP contribution in [0.4, 0.5) is 0 Å². The number of carbonyl (C=O) groups is 2. The summed E-state index contributed by atoms with van der Waals surface area (Å²) in [5, 5.41) is 0. The van der Waals surface area contributed by atoms with Gasteiger partial charge in [-0.25, -0.2) is 0 Å². The lowest BCUT2D eigenvalue weighted by molar-refractivity contribution is -0.149. The fraction of sp³-hybridized carbons (Fsp3) is 0.455. The van der Waals surface area contributed by atoms with E-state index in [-0.39, 0.29) is 5.78 Å². The van der Waals surface area contributed by atoms with Gasteiger partial charge in [-0.2, -0.15) is 0 Å². The van der Waals surface area contributed by atoms with E-state index in [4.69, 9.17) is 4.74 Å². The number of hydrogen-bond acceptors (Lipinski definition) is 3. The Labute approximate surface area is 83.4 Å². The molecular weight excluding hydrogens is 180 g/mol. The van der Waals surface area contributed by atoms with Gasteiger partial charge in [0.05, 0.1) is 6.61 Å². The van der Waals surface area contributed by atoms with Gasteiger partial charge in [-0.05, 0) is 12.5 Å². The third-order valence-corrected chi connectivity index (χ3v) is 1.98. The van der Waals surface area contributed by atoms with E-state index in [9.17, 15) is 9.59 Å². The third-order valence-electron chi connectivity index (χ3n) is 1.98. The number of ketones is 1. The molecule has 76 valence electrons. The summed E-state index contributed by atoms with van der Waals surface area (Å²) in [7, 11) is 0. The average Bonchev–Trinajstić information content (AvgIpc) is 2.18. The van der Waals surface area contributed by atoms with Gasteiger partial charge in [-0.15, -0.1) is 0 Å². The standard InChI is InChI=1S/C11H14O3/c1-2-3-8-14-11(13)9-6-4-5-7-10(9)12/h4-7,9H,2-3,8H2,1H3. The van der Waals surface area contributed by atoms with Gasteiger partial charge in [0.25, 0.3) is 0 Å². The van der Waals surface area contributed by atoms with Gasteiger partial charge in [0.1, 0.15) is 5.92 Å². The second-order valence-corrected chi connectivity index (χ2v) is 3.15. The molecule has 3 heteroatoms. The Balaban J connectivity index is 2.40. The van der Waals surface area contributed by atoms with Crippen LogP contribution >= 0.6 is 0 Å². The van der Waals surface area contributed by atoms with Crippen LogP contribution in [0.1, 0.15) is 19.8 Å². The monoisotopic (exact) mass is 194 g/mol. The van der Waals surface area contributed by atoms with E-state index in [0.717, 1.165) is 12.8 Å². The van der Waals surface area contributed by atoms with E-state index in [0.29, 0.717) is 6.61 Å². The van der Waals surface area contributed by atoms with Gasteiger partial charge in [-0.1, -0.05) is 31.6 Å². The van der Waals surface area contributed by atoms with Crippen LogP contribution in [0.15, 0.2) is 24.3 Å². The van der Waals surface area contributed by atoms with Crippen molar-refractivity contribution in [3.05, 3.63) is 24.3 Å². The van der Waals surface area contributed by atoms with Crippen molar-refractivity contribution in [2.45, 2.75) is 19.8 Å². The van der Waals surface area contributed by atoms with Gasteiger partial charge in [0.15, 0.2) is 5.78 Å². The molecule has 0 saturated carbocycles. The summed E-state index contributed by atoms with van der Waals surface area (Å²) in [5.41, 5.74) is 0. The Morgan fingerprint density at radius 3 is 2.93 bits per heavy atom. The Kier molecular flexibility index (Phi) is 4.11. The van der Waals surface area contributed by atoms with Crippen LogP contribution in [0, 0.1) is 5.92 Å². The molecule has 0 aliphatic heterocycles. The second kappa shape index (κ2) is 5.37. The van der Waals surface area contributed by atoms with Crippen LogP contribution in [0.5, 0.6) is 0 Å². The summed E-state index contributed by atoms with van der Waals surface area (Å²) in [6, 6.07) is 0. The molecule has 1 atom stereocenters. The summed E-state index contributed by atoms with van der Waals surface area (Å²) < 4.78 is 4.95. The minimum atomic E-state index is -0.725. The highest BCUT2D eigenvalue weighted by Crippen LogP contribution is 2.10. The number of rotatable bonds is 4. The fourth-order valence-corrected chi connectivity index (χ4v) is 1.13. The van der Waals surface area contributed by atoms with Crippen molar-refractivity contribution in [3.63, 3.8) is 0 Å². The molecule has 0 N–H and O–H groups in total.